The number of halogens is 3. The molecule has 3 nitrogen and oxygen atoms in total. The number of nitrogen functional groups attached to an aromatic ring is 1. The average Bonchev–Trinajstić information content (AvgIpc) is 2.69. The quantitative estimate of drug-likeness (QED) is 0.816. The molecule has 0 fully saturated rings. The molecule has 16 heavy (non-hydrogen) atoms. The molecule has 0 aliphatic carbocycles. The second kappa shape index (κ2) is 3.55. The Labute approximate surface area is 88.7 Å². The zero-order chi connectivity index (χ0) is 11.8. The van der Waals surface area contributed by atoms with E-state index in [1.165, 1.54) is 18.7 Å². The molecule has 0 atom stereocenters. The highest BCUT2D eigenvalue weighted by Crippen LogP contribution is 2.34. The van der Waals surface area contributed by atoms with Crippen molar-refractivity contribution < 1.29 is 17.6 Å². The number of anilines is 1. The van der Waals surface area contributed by atoms with Gasteiger partial charge in [0.15, 0.2) is 0 Å². The van der Waals surface area contributed by atoms with Crippen LogP contribution in [0, 0.1) is 0 Å². The Balaban J connectivity index is 2.52. The van der Waals surface area contributed by atoms with Gasteiger partial charge in [-0.25, -0.2) is 4.98 Å². The third-order valence-electron chi connectivity index (χ3n) is 2.08. The second-order valence-electron chi connectivity index (χ2n) is 3.17. The fourth-order valence-electron chi connectivity index (χ4n) is 1.29. The molecule has 0 radical (unpaired) electrons. The van der Waals surface area contributed by atoms with E-state index >= 15 is 0 Å². The highest BCUT2D eigenvalue weighted by Gasteiger charge is 2.34. The molecule has 2 aromatic rings. The van der Waals surface area contributed by atoms with Gasteiger partial charge in [-0.3, -0.25) is 0 Å². The lowest BCUT2D eigenvalue weighted by Gasteiger charge is -2.09. The summed E-state index contributed by atoms with van der Waals surface area (Å²) in [5.74, 6) is -0.528. The normalized spacial score (nSPS) is 11.7. The van der Waals surface area contributed by atoms with Crippen molar-refractivity contribution in [1.82, 2.24) is 4.98 Å². The van der Waals surface area contributed by atoms with E-state index in [9.17, 15) is 13.2 Å². The van der Waals surface area contributed by atoms with Gasteiger partial charge >= 0.3 is 6.18 Å². The van der Waals surface area contributed by atoms with Gasteiger partial charge in [0.2, 0.25) is 0 Å². The highest BCUT2D eigenvalue weighted by atomic mass is 19.4. The van der Waals surface area contributed by atoms with Gasteiger partial charge in [-0.15, -0.1) is 0 Å². The summed E-state index contributed by atoms with van der Waals surface area (Å²) in [7, 11) is 0. The van der Waals surface area contributed by atoms with Crippen molar-refractivity contribution in [2.45, 2.75) is 6.18 Å². The Bertz CT molecular complexity index is 491. The van der Waals surface area contributed by atoms with Crippen LogP contribution in [0.25, 0.3) is 11.1 Å². The molecule has 0 aliphatic heterocycles. The lowest BCUT2D eigenvalue weighted by molar-refractivity contribution is -0.137. The van der Waals surface area contributed by atoms with Gasteiger partial charge in [-0.05, 0) is 12.1 Å². The number of hydrogen-bond donors (Lipinski definition) is 1. The van der Waals surface area contributed by atoms with Gasteiger partial charge in [-0.2, -0.15) is 13.2 Å². The first-order chi connectivity index (χ1) is 7.48. The smallest absolute Gasteiger partial charge is 0.419 e. The maximum absolute atomic E-state index is 12.5. The molecule has 0 unspecified atom stereocenters. The Hall–Kier alpha value is -1.98. The minimum atomic E-state index is -4.50. The van der Waals surface area contributed by atoms with Crippen LogP contribution in [0.2, 0.25) is 0 Å². The molecule has 2 rings (SSSR count). The molecule has 0 amide bonds. The average molecular weight is 228 g/mol. The summed E-state index contributed by atoms with van der Waals surface area (Å²) in [5, 5.41) is 0. The van der Waals surface area contributed by atoms with E-state index in [4.69, 9.17) is 10.2 Å². The van der Waals surface area contributed by atoms with Crippen molar-refractivity contribution in [3.05, 3.63) is 36.4 Å². The van der Waals surface area contributed by atoms with E-state index in [0.29, 0.717) is 11.1 Å². The number of alkyl halides is 3. The predicted octanol–water partition coefficient (Wildman–Crippen LogP) is 2.94. The van der Waals surface area contributed by atoms with Gasteiger partial charge in [0.05, 0.1) is 18.1 Å². The molecular weight excluding hydrogens is 221 g/mol. The van der Waals surface area contributed by atoms with E-state index in [-0.39, 0.29) is 0 Å². The van der Waals surface area contributed by atoms with Crippen LogP contribution in [0.4, 0.5) is 19.0 Å². The lowest BCUT2D eigenvalue weighted by atomic mass is 10.1. The van der Waals surface area contributed by atoms with Crippen molar-refractivity contribution in [2.24, 2.45) is 0 Å². The van der Waals surface area contributed by atoms with Gasteiger partial charge in [-0.1, -0.05) is 0 Å². The van der Waals surface area contributed by atoms with Crippen molar-refractivity contribution in [3.8, 4) is 11.1 Å². The van der Waals surface area contributed by atoms with Crippen molar-refractivity contribution in [3.63, 3.8) is 0 Å². The maximum Gasteiger partial charge on any atom is 0.419 e. The Kier molecular flexibility index (Phi) is 2.34. The standard InChI is InChI=1S/C10H7F3N2O/c11-10(12,13)8-3-7(4-15-9(8)14)6-1-2-16-5-6/h1-5H,(H2,14,15). The van der Waals surface area contributed by atoms with Crippen LogP contribution in [0.1, 0.15) is 5.56 Å². The van der Waals surface area contributed by atoms with Crippen molar-refractivity contribution in [1.29, 1.82) is 0 Å². The molecule has 2 aromatic heterocycles. The first-order valence-corrected chi connectivity index (χ1v) is 4.34. The second-order valence-corrected chi connectivity index (χ2v) is 3.17. The van der Waals surface area contributed by atoms with E-state index < -0.39 is 17.6 Å². The van der Waals surface area contributed by atoms with Gasteiger partial charge < -0.3 is 10.2 Å². The van der Waals surface area contributed by atoms with Crippen LogP contribution < -0.4 is 5.73 Å². The Morgan fingerprint density at radius 3 is 2.56 bits per heavy atom. The van der Waals surface area contributed by atoms with Gasteiger partial charge in [0.25, 0.3) is 0 Å². The molecule has 0 aliphatic rings. The van der Waals surface area contributed by atoms with E-state index in [1.807, 2.05) is 0 Å². The summed E-state index contributed by atoms with van der Waals surface area (Å²) in [5.41, 5.74) is 5.08. The Morgan fingerprint density at radius 2 is 2.00 bits per heavy atom. The van der Waals surface area contributed by atoms with E-state index in [1.54, 1.807) is 6.07 Å². The fourth-order valence-corrected chi connectivity index (χ4v) is 1.29. The molecular formula is C10H7F3N2O. The molecule has 0 saturated carbocycles. The minimum Gasteiger partial charge on any atom is -0.472 e. The largest absolute Gasteiger partial charge is 0.472 e. The number of aromatic nitrogens is 1. The molecule has 0 aromatic carbocycles. The van der Waals surface area contributed by atoms with E-state index in [2.05, 4.69) is 4.98 Å². The molecule has 2 N–H and O–H groups in total. The number of nitrogens with two attached hydrogens (primary N) is 1. The maximum atomic E-state index is 12.5. The molecule has 0 saturated heterocycles. The number of rotatable bonds is 1. The summed E-state index contributed by atoms with van der Waals surface area (Å²) < 4.78 is 42.4. The van der Waals surface area contributed by atoms with Crippen molar-refractivity contribution >= 4 is 5.82 Å². The molecule has 6 heteroatoms. The third-order valence-corrected chi connectivity index (χ3v) is 2.08. The van der Waals surface area contributed by atoms with Crippen LogP contribution in [-0.4, -0.2) is 4.98 Å². The molecule has 0 bridgehead atoms. The number of furan rings is 1. The summed E-state index contributed by atoms with van der Waals surface area (Å²) in [6, 6.07) is 2.50. The fraction of sp³-hybridized carbons (Fsp3) is 0.100. The van der Waals surface area contributed by atoms with Crippen LogP contribution >= 0.6 is 0 Å². The topological polar surface area (TPSA) is 52.0 Å². The van der Waals surface area contributed by atoms with E-state index in [0.717, 1.165) is 6.07 Å². The predicted molar refractivity (Wildman–Crippen MR) is 51.4 cm³/mol. The number of nitrogens with zero attached hydrogens (tertiary/aromatic N) is 1. The zero-order valence-corrected chi connectivity index (χ0v) is 7.95. The first kappa shape index (κ1) is 10.5. The molecule has 0 spiro atoms. The van der Waals surface area contributed by atoms with Gasteiger partial charge in [0.1, 0.15) is 5.82 Å². The monoisotopic (exact) mass is 228 g/mol. The number of hydrogen-bond acceptors (Lipinski definition) is 3. The summed E-state index contributed by atoms with van der Waals surface area (Å²) in [6.45, 7) is 0. The van der Waals surface area contributed by atoms with Gasteiger partial charge in [0, 0.05) is 17.3 Å². The SMILES string of the molecule is Nc1ncc(-c2ccoc2)cc1C(F)(F)F. The lowest BCUT2D eigenvalue weighted by Crippen LogP contribution is -2.10. The van der Waals surface area contributed by atoms with Crippen LogP contribution in [0.5, 0.6) is 0 Å². The summed E-state index contributed by atoms with van der Waals surface area (Å²) >= 11 is 0. The first-order valence-electron chi connectivity index (χ1n) is 4.34. The third kappa shape index (κ3) is 1.86. The molecule has 84 valence electrons. The summed E-state index contributed by atoms with van der Waals surface area (Å²) in [6.07, 6.45) is -0.515. The molecule has 2 heterocycles. The highest BCUT2D eigenvalue weighted by molar-refractivity contribution is 5.64. The number of pyridine rings is 1. The minimum absolute atomic E-state index is 0.315. The van der Waals surface area contributed by atoms with Crippen LogP contribution in [0.3, 0.4) is 0 Å². The van der Waals surface area contributed by atoms with Crippen LogP contribution in [-0.2, 0) is 6.18 Å². The van der Waals surface area contributed by atoms with Crippen molar-refractivity contribution in [2.75, 3.05) is 5.73 Å². The summed E-state index contributed by atoms with van der Waals surface area (Å²) in [4.78, 5) is 3.52. The Morgan fingerprint density at radius 1 is 1.25 bits per heavy atom. The zero-order valence-electron chi connectivity index (χ0n) is 7.95. The van der Waals surface area contributed by atoms with Crippen LogP contribution in [0.15, 0.2) is 35.3 Å².